The standard InChI is InChI=1S/C12H17N3O/c1-15(5-2-6-16)9-10-3-4-11-8-13-14-12(11)7-10/h3-4,7-8,16H,2,5-6,9H2,1H3,(H,13,14). The zero-order chi connectivity index (χ0) is 11.4. The molecule has 2 rings (SSSR count). The van der Waals surface area contributed by atoms with Gasteiger partial charge in [0.1, 0.15) is 0 Å². The van der Waals surface area contributed by atoms with E-state index in [4.69, 9.17) is 5.11 Å². The third-order valence-electron chi connectivity index (χ3n) is 2.66. The number of aromatic nitrogens is 2. The van der Waals surface area contributed by atoms with Crippen LogP contribution < -0.4 is 0 Å². The topological polar surface area (TPSA) is 52.1 Å². The number of nitrogens with zero attached hydrogens (tertiary/aromatic N) is 2. The van der Waals surface area contributed by atoms with Gasteiger partial charge in [0, 0.05) is 25.1 Å². The molecule has 0 saturated carbocycles. The third-order valence-corrected chi connectivity index (χ3v) is 2.66. The Bertz CT molecular complexity index is 452. The molecule has 0 aliphatic carbocycles. The predicted molar refractivity (Wildman–Crippen MR) is 64.1 cm³/mol. The Balaban J connectivity index is 2.03. The van der Waals surface area contributed by atoms with Crippen LogP contribution in [0.1, 0.15) is 12.0 Å². The van der Waals surface area contributed by atoms with Crippen molar-refractivity contribution in [1.29, 1.82) is 0 Å². The highest BCUT2D eigenvalue weighted by atomic mass is 16.3. The molecule has 1 heterocycles. The highest BCUT2D eigenvalue weighted by Crippen LogP contribution is 2.13. The Morgan fingerprint density at radius 2 is 2.31 bits per heavy atom. The Hall–Kier alpha value is -1.39. The van der Waals surface area contributed by atoms with Crippen LogP contribution in [0.25, 0.3) is 10.9 Å². The van der Waals surface area contributed by atoms with Gasteiger partial charge in [-0.1, -0.05) is 12.1 Å². The smallest absolute Gasteiger partial charge is 0.0653 e. The normalized spacial score (nSPS) is 11.4. The average Bonchev–Trinajstić information content (AvgIpc) is 2.73. The number of benzene rings is 1. The summed E-state index contributed by atoms with van der Waals surface area (Å²) in [6.07, 6.45) is 2.65. The van der Waals surface area contributed by atoms with E-state index in [1.807, 2.05) is 6.20 Å². The molecule has 0 spiro atoms. The summed E-state index contributed by atoms with van der Waals surface area (Å²) in [5, 5.41) is 16.9. The second-order valence-electron chi connectivity index (χ2n) is 4.11. The van der Waals surface area contributed by atoms with E-state index in [0.717, 1.165) is 30.4 Å². The van der Waals surface area contributed by atoms with Crippen LogP contribution in [0.3, 0.4) is 0 Å². The van der Waals surface area contributed by atoms with Gasteiger partial charge in [-0.05, 0) is 25.1 Å². The largest absolute Gasteiger partial charge is 0.396 e. The van der Waals surface area contributed by atoms with Crippen LogP contribution in [-0.2, 0) is 6.54 Å². The summed E-state index contributed by atoms with van der Waals surface area (Å²) >= 11 is 0. The lowest BCUT2D eigenvalue weighted by molar-refractivity contribution is 0.244. The first-order valence-corrected chi connectivity index (χ1v) is 5.51. The number of aromatic amines is 1. The molecule has 1 aromatic heterocycles. The van der Waals surface area contributed by atoms with Gasteiger partial charge in [-0.25, -0.2) is 0 Å². The molecule has 0 unspecified atom stereocenters. The van der Waals surface area contributed by atoms with E-state index >= 15 is 0 Å². The molecule has 1 aromatic carbocycles. The molecule has 0 aliphatic rings. The summed E-state index contributed by atoms with van der Waals surface area (Å²) < 4.78 is 0. The van der Waals surface area contributed by atoms with Crippen molar-refractivity contribution in [3.8, 4) is 0 Å². The van der Waals surface area contributed by atoms with Crippen molar-refractivity contribution in [2.75, 3.05) is 20.2 Å². The van der Waals surface area contributed by atoms with E-state index in [1.54, 1.807) is 0 Å². The highest BCUT2D eigenvalue weighted by molar-refractivity contribution is 5.78. The maximum atomic E-state index is 8.75. The van der Waals surface area contributed by atoms with Gasteiger partial charge in [-0.3, -0.25) is 5.10 Å². The number of nitrogens with one attached hydrogen (secondary N) is 1. The molecule has 0 atom stereocenters. The van der Waals surface area contributed by atoms with Crippen LogP contribution in [0, 0.1) is 0 Å². The van der Waals surface area contributed by atoms with Gasteiger partial charge in [0.15, 0.2) is 0 Å². The summed E-state index contributed by atoms with van der Waals surface area (Å²) in [6.45, 7) is 2.07. The van der Waals surface area contributed by atoms with Gasteiger partial charge in [0.05, 0.1) is 11.7 Å². The molecule has 4 nitrogen and oxygen atoms in total. The first-order chi connectivity index (χ1) is 7.79. The Morgan fingerprint density at radius 3 is 3.12 bits per heavy atom. The maximum absolute atomic E-state index is 8.75. The fraction of sp³-hybridized carbons (Fsp3) is 0.417. The number of aliphatic hydroxyl groups excluding tert-OH is 1. The van der Waals surface area contributed by atoms with Gasteiger partial charge in [-0.15, -0.1) is 0 Å². The molecule has 0 radical (unpaired) electrons. The molecule has 0 fully saturated rings. The molecule has 2 aromatic rings. The fourth-order valence-electron chi connectivity index (χ4n) is 1.81. The van der Waals surface area contributed by atoms with Gasteiger partial charge < -0.3 is 10.0 Å². The number of hydrogen-bond donors (Lipinski definition) is 2. The third kappa shape index (κ3) is 2.59. The van der Waals surface area contributed by atoms with E-state index in [2.05, 4.69) is 40.3 Å². The number of H-pyrrole nitrogens is 1. The van der Waals surface area contributed by atoms with Crippen LogP contribution in [-0.4, -0.2) is 40.4 Å². The molecule has 0 aliphatic heterocycles. The van der Waals surface area contributed by atoms with Crippen LogP contribution in [0.4, 0.5) is 0 Å². The number of rotatable bonds is 5. The summed E-state index contributed by atoms with van der Waals surface area (Å²) in [7, 11) is 2.06. The van der Waals surface area contributed by atoms with Crippen LogP contribution in [0.2, 0.25) is 0 Å². The zero-order valence-electron chi connectivity index (χ0n) is 9.48. The quantitative estimate of drug-likeness (QED) is 0.798. The van der Waals surface area contributed by atoms with Crippen molar-refractivity contribution in [3.05, 3.63) is 30.0 Å². The second-order valence-corrected chi connectivity index (χ2v) is 4.11. The van der Waals surface area contributed by atoms with E-state index in [9.17, 15) is 0 Å². The van der Waals surface area contributed by atoms with Crippen molar-refractivity contribution in [2.45, 2.75) is 13.0 Å². The molecular weight excluding hydrogens is 202 g/mol. The summed E-state index contributed by atoms with van der Waals surface area (Å²) in [5.74, 6) is 0. The minimum atomic E-state index is 0.254. The Morgan fingerprint density at radius 1 is 1.44 bits per heavy atom. The molecule has 0 amide bonds. The minimum absolute atomic E-state index is 0.254. The highest BCUT2D eigenvalue weighted by Gasteiger charge is 2.02. The van der Waals surface area contributed by atoms with Gasteiger partial charge >= 0.3 is 0 Å². The van der Waals surface area contributed by atoms with E-state index in [0.29, 0.717) is 0 Å². The summed E-state index contributed by atoms with van der Waals surface area (Å²) in [5.41, 5.74) is 2.34. The van der Waals surface area contributed by atoms with Crippen molar-refractivity contribution >= 4 is 10.9 Å². The lowest BCUT2D eigenvalue weighted by atomic mass is 10.1. The lowest BCUT2D eigenvalue weighted by Gasteiger charge is -2.15. The van der Waals surface area contributed by atoms with Gasteiger partial charge in [0.2, 0.25) is 0 Å². The first kappa shape index (κ1) is 11.1. The Kier molecular flexibility index (Phi) is 3.54. The van der Waals surface area contributed by atoms with Gasteiger partial charge in [-0.2, -0.15) is 5.10 Å². The Labute approximate surface area is 94.9 Å². The lowest BCUT2D eigenvalue weighted by Crippen LogP contribution is -2.19. The van der Waals surface area contributed by atoms with Gasteiger partial charge in [0.25, 0.3) is 0 Å². The van der Waals surface area contributed by atoms with Crippen molar-refractivity contribution in [3.63, 3.8) is 0 Å². The van der Waals surface area contributed by atoms with Crippen LogP contribution in [0.15, 0.2) is 24.4 Å². The average molecular weight is 219 g/mol. The zero-order valence-corrected chi connectivity index (χ0v) is 9.48. The molecular formula is C12H17N3O. The molecule has 0 saturated heterocycles. The first-order valence-electron chi connectivity index (χ1n) is 5.51. The number of hydrogen-bond acceptors (Lipinski definition) is 3. The maximum Gasteiger partial charge on any atom is 0.0653 e. The predicted octanol–water partition coefficient (Wildman–Crippen LogP) is 1.38. The van der Waals surface area contributed by atoms with Crippen molar-refractivity contribution < 1.29 is 5.11 Å². The van der Waals surface area contributed by atoms with E-state index in [-0.39, 0.29) is 6.61 Å². The van der Waals surface area contributed by atoms with Crippen molar-refractivity contribution in [1.82, 2.24) is 15.1 Å². The minimum Gasteiger partial charge on any atom is -0.396 e. The van der Waals surface area contributed by atoms with E-state index < -0.39 is 0 Å². The molecule has 2 N–H and O–H groups in total. The molecule has 86 valence electrons. The number of fused-ring (bicyclic) bond motifs is 1. The fourth-order valence-corrected chi connectivity index (χ4v) is 1.81. The molecule has 16 heavy (non-hydrogen) atoms. The van der Waals surface area contributed by atoms with Crippen LogP contribution >= 0.6 is 0 Å². The SMILES string of the molecule is CN(CCCO)Cc1ccc2cn[nH]c2c1. The summed E-state index contributed by atoms with van der Waals surface area (Å²) in [4.78, 5) is 2.20. The number of aliphatic hydroxyl groups is 1. The van der Waals surface area contributed by atoms with Crippen molar-refractivity contribution in [2.24, 2.45) is 0 Å². The molecule has 4 heteroatoms. The van der Waals surface area contributed by atoms with Crippen LogP contribution in [0.5, 0.6) is 0 Å². The van der Waals surface area contributed by atoms with E-state index in [1.165, 1.54) is 5.56 Å². The summed E-state index contributed by atoms with van der Waals surface area (Å²) in [6, 6.07) is 6.32. The monoisotopic (exact) mass is 219 g/mol. The molecule has 0 bridgehead atoms. The second kappa shape index (κ2) is 5.09.